The van der Waals surface area contributed by atoms with Crippen molar-refractivity contribution in [3.63, 3.8) is 0 Å². The normalized spacial score (nSPS) is 20.9. The van der Waals surface area contributed by atoms with Gasteiger partial charge in [0.15, 0.2) is 5.96 Å². The molecule has 1 aromatic rings. The van der Waals surface area contributed by atoms with Crippen LogP contribution in [-0.4, -0.2) is 36.9 Å². The van der Waals surface area contributed by atoms with Crippen molar-refractivity contribution < 1.29 is 9.84 Å². The second kappa shape index (κ2) is 7.47. The number of nitrogens with one attached hydrogen (secondary N) is 1. The Hall–Kier alpha value is -1.30. The van der Waals surface area contributed by atoms with Crippen LogP contribution in [0.3, 0.4) is 0 Å². The van der Waals surface area contributed by atoms with Crippen LogP contribution in [0, 0.1) is 0 Å². The van der Waals surface area contributed by atoms with Crippen LogP contribution in [0.5, 0.6) is 0 Å². The molecule has 110 valence electrons. The second-order valence-electron chi connectivity index (χ2n) is 4.81. The molecule has 1 heterocycles. The fourth-order valence-electron chi connectivity index (χ4n) is 2.05. The summed E-state index contributed by atoms with van der Waals surface area (Å²) < 4.78 is 5.47. The van der Waals surface area contributed by atoms with E-state index in [1.807, 2.05) is 0 Å². The van der Waals surface area contributed by atoms with Gasteiger partial charge in [-0.25, -0.2) is 0 Å². The van der Waals surface area contributed by atoms with Crippen LogP contribution in [0.2, 0.25) is 5.02 Å². The maximum absolute atomic E-state index is 9.98. The Morgan fingerprint density at radius 2 is 2.25 bits per heavy atom. The minimum absolute atomic E-state index is 0.213. The minimum atomic E-state index is -0.685. The van der Waals surface area contributed by atoms with Crippen LogP contribution in [0.1, 0.15) is 24.5 Å². The maximum Gasteiger partial charge on any atom is 0.188 e. The van der Waals surface area contributed by atoms with E-state index in [4.69, 9.17) is 22.1 Å². The summed E-state index contributed by atoms with van der Waals surface area (Å²) in [6.07, 6.45) is 1.67. The number of rotatable bonds is 5. The number of ether oxygens (including phenoxy) is 1. The Kier molecular flexibility index (Phi) is 5.64. The van der Waals surface area contributed by atoms with Gasteiger partial charge in [-0.15, -0.1) is 0 Å². The van der Waals surface area contributed by atoms with Crippen molar-refractivity contribution in [3.05, 3.63) is 34.9 Å². The van der Waals surface area contributed by atoms with Crippen LogP contribution in [0.4, 0.5) is 0 Å². The van der Waals surface area contributed by atoms with Crippen LogP contribution in [0.25, 0.3) is 0 Å². The predicted molar refractivity (Wildman–Crippen MR) is 79.9 cm³/mol. The molecule has 20 heavy (non-hydrogen) atoms. The quantitative estimate of drug-likeness (QED) is 0.568. The summed E-state index contributed by atoms with van der Waals surface area (Å²) in [6.45, 7) is 1.69. The highest BCUT2D eigenvalue weighted by Gasteiger charge is 2.15. The van der Waals surface area contributed by atoms with Gasteiger partial charge in [-0.3, -0.25) is 4.99 Å². The summed E-state index contributed by atoms with van der Waals surface area (Å²) in [5, 5.41) is 13.6. The van der Waals surface area contributed by atoms with Crippen LogP contribution >= 0.6 is 11.6 Å². The molecule has 5 nitrogen and oxygen atoms in total. The van der Waals surface area contributed by atoms with E-state index in [0.29, 0.717) is 17.5 Å². The van der Waals surface area contributed by atoms with E-state index in [9.17, 15) is 5.11 Å². The smallest absolute Gasteiger partial charge is 0.188 e. The summed E-state index contributed by atoms with van der Waals surface area (Å²) in [6, 6.07) is 7.03. The lowest BCUT2D eigenvalue weighted by Crippen LogP contribution is -2.37. The maximum atomic E-state index is 9.98. The first-order chi connectivity index (χ1) is 9.65. The van der Waals surface area contributed by atoms with Crippen LogP contribution in [0.15, 0.2) is 29.3 Å². The van der Waals surface area contributed by atoms with E-state index < -0.39 is 6.10 Å². The first-order valence-corrected chi connectivity index (χ1v) is 7.12. The lowest BCUT2D eigenvalue weighted by molar-refractivity contribution is 0.114. The van der Waals surface area contributed by atoms with Crippen molar-refractivity contribution >= 4 is 17.6 Å². The summed E-state index contributed by atoms with van der Waals surface area (Å²) in [7, 11) is 0. The molecule has 2 atom stereocenters. The average molecular weight is 298 g/mol. The lowest BCUT2D eigenvalue weighted by atomic mass is 10.1. The van der Waals surface area contributed by atoms with Crippen molar-refractivity contribution in [3.8, 4) is 0 Å². The third-order valence-electron chi connectivity index (χ3n) is 3.22. The molecular weight excluding hydrogens is 278 g/mol. The SMILES string of the molecule is NC(=NCC(O)c1ccc(Cl)cc1)NCC1CCCO1. The Morgan fingerprint density at radius 1 is 1.50 bits per heavy atom. The summed E-state index contributed by atoms with van der Waals surface area (Å²) in [5.41, 5.74) is 6.52. The van der Waals surface area contributed by atoms with Gasteiger partial charge in [0.2, 0.25) is 0 Å². The molecule has 4 N–H and O–H groups in total. The minimum Gasteiger partial charge on any atom is -0.386 e. The molecule has 1 fully saturated rings. The highest BCUT2D eigenvalue weighted by molar-refractivity contribution is 6.30. The second-order valence-corrected chi connectivity index (χ2v) is 5.25. The van der Waals surface area contributed by atoms with Gasteiger partial charge < -0.3 is 20.9 Å². The Balaban J connectivity index is 1.76. The molecule has 0 amide bonds. The number of nitrogens with two attached hydrogens (primary N) is 1. The molecule has 0 bridgehead atoms. The van der Waals surface area contributed by atoms with Gasteiger partial charge in [0.25, 0.3) is 0 Å². The van der Waals surface area contributed by atoms with Crippen LogP contribution in [-0.2, 0) is 4.74 Å². The molecule has 1 aliphatic rings. The molecule has 0 saturated carbocycles. The van der Waals surface area contributed by atoms with E-state index in [0.717, 1.165) is 25.0 Å². The summed E-state index contributed by atoms with van der Waals surface area (Å²) in [5.74, 6) is 0.327. The molecule has 2 unspecified atom stereocenters. The average Bonchev–Trinajstić information content (AvgIpc) is 2.96. The number of aliphatic hydroxyl groups excluding tert-OH is 1. The first-order valence-electron chi connectivity index (χ1n) is 6.74. The monoisotopic (exact) mass is 297 g/mol. The first kappa shape index (κ1) is 15.1. The predicted octanol–water partition coefficient (Wildman–Crippen LogP) is 1.46. The largest absolute Gasteiger partial charge is 0.386 e. The number of guanidine groups is 1. The number of halogens is 1. The molecule has 1 saturated heterocycles. The number of nitrogens with zero attached hydrogens (tertiary/aromatic N) is 1. The van der Waals surface area contributed by atoms with Gasteiger partial charge in [-0.2, -0.15) is 0 Å². The zero-order chi connectivity index (χ0) is 14.4. The van der Waals surface area contributed by atoms with E-state index in [1.165, 1.54) is 0 Å². The summed E-state index contributed by atoms with van der Waals surface area (Å²) in [4.78, 5) is 4.13. The molecular formula is C14H20ClN3O2. The number of benzene rings is 1. The Bertz CT molecular complexity index is 444. The van der Waals surface area contributed by atoms with E-state index in [2.05, 4.69) is 10.3 Å². The number of aliphatic imine (C=N–C) groups is 1. The molecule has 1 aromatic carbocycles. The Labute approximate surface area is 123 Å². The van der Waals surface area contributed by atoms with Gasteiger partial charge in [0, 0.05) is 18.2 Å². The topological polar surface area (TPSA) is 79.9 Å². The van der Waals surface area contributed by atoms with Crippen molar-refractivity contribution in [2.45, 2.75) is 25.0 Å². The number of hydrogen-bond acceptors (Lipinski definition) is 3. The van der Waals surface area contributed by atoms with Crippen molar-refractivity contribution in [2.75, 3.05) is 19.7 Å². The third kappa shape index (κ3) is 4.67. The molecule has 6 heteroatoms. The molecule has 1 aliphatic heterocycles. The molecule has 0 radical (unpaired) electrons. The van der Waals surface area contributed by atoms with E-state index >= 15 is 0 Å². The van der Waals surface area contributed by atoms with Gasteiger partial charge in [-0.1, -0.05) is 23.7 Å². The lowest BCUT2D eigenvalue weighted by Gasteiger charge is -2.12. The van der Waals surface area contributed by atoms with Crippen molar-refractivity contribution in [1.29, 1.82) is 0 Å². The molecule has 2 rings (SSSR count). The third-order valence-corrected chi connectivity index (χ3v) is 3.48. The van der Waals surface area contributed by atoms with E-state index in [1.54, 1.807) is 24.3 Å². The van der Waals surface area contributed by atoms with Gasteiger partial charge in [0.1, 0.15) is 0 Å². The van der Waals surface area contributed by atoms with E-state index in [-0.39, 0.29) is 12.6 Å². The van der Waals surface area contributed by atoms with Crippen LogP contribution < -0.4 is 11.1 Å². The number of hydrogen-bond donors (Lipinski definition) is 3. The van der Waals surface area contributed by atoms with Crippen molar-refractivity contribution in [1.82, 2.24) is 5.32 Å². The molecule has 0 aliphatic carbocycles. The summed E-state index contributed by atoms with van der Waals surface area (Å²) >= 11 is 5.80. The molecule has 0 aromatic heterocycles. The van der Waals surface area contributed by atoms with Crippen molar-refractivity contribution in [2.24, 2.45) is 10.7 Å². The Morgan fingerprint density at radius 3 is 2.90 bits per heavy atom. The van der Waals surface area contributed by atoms with Gasteiger partial charge >= 0.3 is 0 Å². The zero-order valence-corrected chi connectivity index (χ0v) is 12.0. The fourth-order valence-corrected chi connectivity index (χ4v) is 2.18. The molecule has 0 spiro atoms. The van der Waals surface area contributed by atoms with Gasteiger partial charge in [-0.05, 0) is 30.5 Å². The number of aliphatic hydroxyl groups is 1. The highest BCUT2D eigenvalue weighted by Crippen LogP contribution is 2.16. The zero-order valence-electron chi connectivity index (χ0n) is 11.3. The standard InChI is InChI=1S/C14H20ClN3O2/c15-11-5-3-10(4-6-11)13(19)9-18-14(16)17-8-12-2-1-7-20-12/h3-6,12-13,19H,1-2,7-9H2,(H3,16,17,18). The van der Waals surface area contributed by atoms with Gasteiger partial charge in [0.05, 0.1) is 18.8 Å². The highest BCUT2D eigenvalue weighted by atomic mass is 35.5. The fraction of sp³-hybridized carbons (Fsp3) is 0.500.